The van der Waals surface area contributed by atoms with Crippen LogP contribution < -0.4 is 5.32 Å². The summed E-state index contributed by atoms with van der Waals surface area (Å²) in [6, 6.07) is 7.49. The minimum Gasteiger partial charge on any atom is -0.373 e. The zero-order valence-electron chi connectivity index (χ0n) is 11.5. The molecule has 0 aliphatic heterocycles. The van der Waals surface area contributed by atoms with Crippen LogP contribution in [-0.2, 0) is 11.2 Å². The Hall–Kier alpha value is -1.14. The van der Waals surface area contributed by atoms with Gasteiger partial charge >= 0.3 is 12.3 Å². The molecule has 6 heteroatoms. The van der Waals surface area contributed by atoms with Gasteiger partial charge in [0.05, 0.1) is 6.61 Å². The molecular formula is C14H19F4NO. The standard InChI is InChI=1S/C14H19F4NO/c1-10-5-3-4-6-11(10)7-12(19-2)8-20-9-14(17,18)13(15)16/h3-6,12-13,19H,7-9H2,1-2H3. The summed E-state index contributed by atoms with van der Waals surface area (Å²) in [4.78, 5) is 0. The van der Waals surface area contributed by atoms with Gasteiger partial charge in [-0.2, -0.15) is 8.78 Å². The Morgan fingerprint density at radius 3 is 2.45 bits per heavy atom. The average molecular weight is 293 g/mol. The Kier molecular flexibility index (Phi) is 6.42. The number of alkyl halides is 4. The third kappa shape index (κ3) is 5.09. The molecule has 0 aliphatic rings. The first-order valence-electron chi connectivity index (χ1n) is 6.32. The van der Waals surface area contributed by atoms with Gasteiger partial charge in [-0.1, -0.05) is 24.3 Å². The number of aryl methyl sites for hydroxylation is 1. The van der Waals surface area contributed by atoms with Crippen molar-refractivity contribution in [1.29, 1.82) is 0 Å². The molecule has 0 aliphatic carbocycles. The number of hydrogen-bond donors (Lipinski definition) is 1. The predicted molar refractivity (Wildman–Crippen MR) is 69.5 cm³/mol. The van der Waals surface area contributed by atoms with E-state index in [1.807, 2.05) is 31.2 Å². The second-order valence-electron chi connectivity index (χ2n) is 4.69. The van der Waals surface area contributed by atoms with Crippen molar-refractivity contribution >= 4 is 0 Å². The molecule has 0 aromatic heterocycles. The molecule has 0 saturated carbocycles. The normalized spacial score (nSPS) is 13.8. The molecule has 0 fully saturated rings. The second-order valence-corrected chi connectivity index (χ2v) is 4.69. The molecular weight excluding hydrogens is 274 g/mol. The monoisotopic (exact) mass is 293 g/mol. The molecule has 20 heavy (non-hydrogen) atoms. The maximum atomic E-state index is 12.7. The number of benzene rings is 1. The molecule has 0 heterocycles. The highest BCUT2D eigenvalue weighted by molar-refractivity contribution is 5.26. The number of likely N-dealkylation sites (N-methyl/N-ethyl adjacent to an activating group) is 1. The van der Waals surface area contributed by atoms with Crippen molar-refractivity contribution in [2.75, 3.05) is 20.3 Å². The molecule has 0 radical (unpaired) electrons. The fourth-order valence-corrected chi connectivity index (χ4v) is 1.75. The molecule has 1 atom stereocenters. The quantitative estimate of drug-likeness (QED) is 0.744. The third-order valence-corrected chi connectivity index (χ3v) is 3.07. The predicted octanol–water partition coefficient (Wildman–Crippen LogP) is 3.04. The lowest BCUT2D eigenvalue weighted by Gasteiger charge is -2.20. The van der Waals surface area contributed by atoms with Crippen LogP contribution in [0, 0.1) is 6.92 Å². The van der Waals surface area contributed by atoms with E-state index in [1.54, 1.807) is 7.05 Å². The molecule has 0 bridgehead atoms. The van der Waals surface area contributed by atoms with Crippen LogP contribution in [-0.4, -0.2) is 38.7 Å². The van der Waals surface area contributed by atoms with E-state index < -0.39 is 19.0 Å². The Bertz CT molecular complexity index is 412. The number of halogens is 4. The number of hydrogen-bond acceptors (Lipinski definition) is 2. The van der Waals surface area contributed by atoms with Crippen molar-refractivity contribution in [3.8, 4) is 0 Å². The molecule has 0 amide bonds. The van der Waals surface area contributed by atoms with Crippen LogP contribution in [0.1, 0.15) is 11.1 Å². The first kappa shape index (κ1) is 16.9. The smallest absolute Gasteiger partial charge is 0.330 e. The van der Waals surface area contributed by atoms with Crippen LogP contribution in [0.5, 0.6) is 0 Å². The summed E-state index contributed by atoms with van der Waals surface area (Å²) in [5.41, 5.74) is 2.15. The highest BCUT2D eigenvalue weighted by atomic mass is 19.3. The van der Waals surface area contributed by atoms with Crippen molar-refractivity contribution < 1.29 is 22.3 Å². The van der Waals surface area contributed by atoms with Gasteiger partial charge in [0.2, 0.25) is 0 Å². The molecule has 114 valence electrons. The first-order valence-corrected chi connectivity index (χ1v) is 6.32. The van der Waals surface area contributed by atoms with E-state index in [2.05, 4.69) is 5.32 Å². The summed E-state index contributed by atoms with van der Waals surface area (Å²) in [6.45, 7) is 0.637. The van der Waals surface area contributed by atoms with Gasteiger partial charge in [0, 0.05) is 6.04 Å². The Labute approximate surface area is 116 Å². The van der Waals surface area contributed by atoms with Gasteiger partial charge in [-0.15, -0.1) is 0 Å². The van der Waals surface area contributed by atoms with Gasteiger partial charge in [-0.3, -0.25) is 0 Å². The molecule has 1 N–H and O–H groups in total. The fraction of sp³-hybridized carbons (Fsp3) is 0.571. The van der Waals surface area contributed by atoms with Crippen LogP contribution in [0.25, 0.3) is 0 Å². The summed E-state index contributed by atoms with van der Waals surface area (Å²) in [5.74, 6) is -4.10. The zero-order chi connectivity index (χ0) is 15.2. The van der Waals surface area contributed by atoms with Crippen LogP contribution in [0.15, 0.2) is 24.3 Å². The Morgan fingerprint density at radius 1 is 1.25 bits per heavy atom. The van der Waals surface area contributed by atoms with Gasteiger partial charge in [0.1, 0.15) is 6.61 Å². The van der Waals surface area contributed by atoms with Crippen molar-refractivity contribution in [1.82, 2.24) is 5.32 Å². The summed E-state index contributed by atoms with van der Waals surface area (Å²) >= 11 is 0. The van der Waals surface area contributed by atoms with E-state index in [-0.39, 0.29) is 12.6 Å². The third-order valence-electron chi connectivity index (χ3n) is 3.07. The van der Waals surface area contributed by atoms with Crippen molar-refractivity contribution in [2.24, 2.45) is 0 Å². The molecule has 0 spiro atoms. The summed E-state index contributed by atoms with van der Waals surface area (Å²) in [6.07, 6.45) is -3.12. The lowest BCUT2D eigenvalue weighted by atomic mass is 10.0. The Morgan fingerprint density at radius 2 is 1.90 bits per heavy atom. The number of ether oxygens (including phenoxy) is 1. The van der Waals surface area contributed by atoms with Crippen LogP contribution >= 0.6 is 0 Å². The molecule has 1 aromatic carbocycles. The van der Waals surface area contributed by atoms with Crippen molar-refractivity contribution in [3.63, 3.8) is 0 Å². The maximum Gasteiger partial charge on any atom is 0.330 e. The lowest BCUT2D eigenvalue weighted by Crippen LogP contribution is -2.37. The largest absolute Gasteiger partial charge is 0.373 e. The highest BCUT2D eigenvalue weighted by Gasteiger charge is 2.41. The van der Waals surface area contributed by atoms with Gasteiger partial charge < -0.3 is 10.1 Å². The summed E-state index contributed by atoms with van der Waals surface area (Å²) in [7, 11) is 1.68. The minimum absolute atomic E-state index is 0.0485. The zero-order valence-corrected chi connectivity index (χ0v) is 11.5. The SMILES string of the molecule is CNC(COCC(F)(F)C(F)F)Cc1ccccc1C. The van der Waals surface area contributed by atoms with E-state index >= 15 is 0 Å². The summed E-state index contributed by atoms with van der Waals surface area (Å²) in [5, 5.41) is 2.94. The van der Waals surface area contributed by atoms with E-state index in [9.17, 15) is 17.6 Å². The number of rotatable bonds is 8. The average Bonchev–Trinajstić information content (AvgIpc) is 2.39. The van der Waals surface area contributed by atoms with E-state index in [0.29, 0.717) is 6.42 Å². The van der Waals surface area contributed by atoms with Gasteiger partial charge in [0.15, 0.2) is 0 Å². The van der Waals surface area contributed by atoms with Crippen molar-refractivity contribution in [3.05, 3.63) is 35.4 Å². The molecule has 0 saturated heterocycles. The van der Waals surface area contributed by atoms with E-state index in [4.69, 9.17) is 4.74 Å². The molecule has 1 unspecified atom stereocenters. The maximum absolute atomic E-state index is 12.7. The van der Waals surface area contributed by atoms with E-state index in [0.717, 1.165) is 11.1 Å². The van der Waals surface area contributed by atoms with Gasteiger partial charge in [-0.25, -0.2) is 8.78 Å². The molecule has 1 rings (SSSR count). The van der Waals surface area contributed by atoms with Gasteiger partial charge in [-0.05, 0) is 31.5 Å². The second kappa shape index (κ2) is 7.59. The topological polar surface area (TPSA) is 21.3 Å². The Balaban J connectivity index is 2.47. The first-order chi connectivity index (χ1) is 9.36. The van der Waals surface area contributed by atoms with E-state index in [1.165, 1.54) is 0 Å². The molecule has 1 aromatic rings. The molecule has 2 nitrogen and oxygen atoms in total. The van der Waals surface area contributed by atoms with Crippen LogP contribution in [0.2, 0.25) is 0 Å². The highest BCUT2D eigenvalue weighted by Crippen LogP contribution is 2.23. The minimum atomic E-state index is -4.10. The van der Waals surface area contributed by atoms with Crippen molar-refractivity contribution in [2.45, 2.75) is 31.7 Å². The van der Waals surface area contributed by atoms with Crippen LogP contribution in [0.4, 0.5) is 17.6 Å². The van der Waals surface area contributed by atoms with Crippen LogP contribution in [0.3, 0.4) is 0 Å². The fourth-order valence-electron chi connectivity index (χ4n) is 1.75. The summed E-state index contributed by atoms with van der Waals surface area (Å²) < 4.78 is 54.1. The van der Waals surface area contributed by atoms with Gasteiger partial charge in [0.25, 0.3) is 0 Å². The number of nitrogens with one attached hydrogen (secondary N) is 1. The lowest BCUT2D eigenvalue weighted by molar-refractivity contribution is -0.166.